The van der Waals surface area contributed by atoms with Gasteiger partial charge in [0.2, 0.25) is 0 Å². The molecule has 23 heavy (non-hydrogen) atoms. The van der Waals surface area contributed by atoms with Crippen molar-refractivity contribution in [2.24, 2.45) is 0 Å². The average Bonchev–Trinajstić information content (AvgIpc) is 2.57. The first-order chi connectivity index (χ1) is 11.1. The molecular weight excluding hydrogens is 286 g/mol. The van der Waals surface area contributed by atoms with Crippen molar-refractivity contribution in [1.29, 1.82) is 0 Å². The summed E-state index contributed by atoms with van der Waals surface area (Å²) in [5.74, 6) is 0.0149. The zero-order valence-corrected chi connectivity index (χ0v) is 14.0. The Morgan fingerprint density at radius 2 is 2.00 bits per heavy atom. The highest BCUT2D eigenvalue weighted by atomic mass is 16.2. The van der Waals surface area contributed by atoms with Gasteiger partial charge in [0.1, 0.15) is 12.0 Å². The second kappa shape index (κ2) is 6.49. The largest absolute Gasteiger partial charge is 0.330 e. The van der Waals surface area contributed by atoms with E-state index in [1.807, 2.05) is 11.8 Å². The van der Waals surface area contributed by atoms with Crippen LogP contribution in [0, 0.1) is 20.8 Å². The van der Waals surface area contributed by atoms with Gasteiger partial charge in [0.05, 0.1) is 6.04 Å². The van der Waals surface area contributed by atoms with E-state index < -0.39 is 0 Å². The van der Waals surface area contributed by atoms with E-state index in [2.05, 4.69) is 42.0 Å². The monoisotopic (exact) mass is 309 g/mol. The van der Waals surface area contributed by atoms with E-state index in [-0.39, 0.29) is 11.9 Å². The molecule has 1 aromatic carbocycles. The minimum absolute atomic E-state index is 0.0149. The van der Waals surface area contributed by atoms with Gasteiger partial charge in [-0.15, -0.1) is 0 Å². The predicted molar refractivity (Wildman–Crippen MR) is 90.3 cm³/mol. The van der Waals surface area contributed by atoms with Gasteiger partial charge in [0.25, 0.3) is 5.91 Å². The molecule has 0 bridgehead atoms. The number of aromatic nitrogens is 2. The number of carbonyl (C=O) groups is 1. The molecule has 1 fully saturated rings. The quantitative estimate of drug-likeness (QED) is 0.848. The molecule has 0 saturated carbocycles. The van der Waals surface area contributed by atoms with Crippen LogP contribution in [0.5, 0.6) is 0 Å². The van der Waals surface area contributed by atoms with Crippen LogP contribution >= 0.6 is 0 Å². The van der Waals surface area contributed by atoms with Gasteiger partial charge in [-0.1, -0.05) is 18.2 Å². The summed E-state index contributed by atoms with van der Waals surface area (Å²) < 4.78 is 0. The summed E-state index contributed by atoms with van der Waals surface area (Å²) in [4.78, 5) is 23.2. The molecule has 1 aromatic heterocycles. The van der Waals surface area contributed by atoms with E-state index >= 15 is 0 Å². The molecule has 0 unspecified atom stereocenters. The zero-order valence-electron chi connectivity index (χ0n) is 14.0. The average molecular weight is 309 g/mol. The van der Waals surface area contributed by atoms with E-state index in [1.54, 1.807) is 6.07 Å². The van der Waals surface area contributed by atoms with Gasteiger partial charge >= 0.3 is 0 Å². The van der Waals surface area contributed by atoms with Gasteiger partial charge in [-0.25, -0.2) is 9.97 Å². The van der Waals surface area contributed by atoms with E-state index in [9.17, 15) is 4.79 Å². The molecule has 1 saturated heterocycles. The molecule has 1 amide bonds. The Balaban J connectivity index is 1.96. The highest BCUT2D eigenvalue weighted by molar-refractivity contribution is 5.92. The van der Waals surface area contributed by atoms with Crippen LogP contribution in [0.2, 0.25) is 0 Å². The number of likely N-dealkylation sites (tertiary alicyclic amines) is 1. The van der Waals surface area contributed by atoms with Crippen LogP contribution in [0.1, 0.15) is 58.2 Å². The second-order valence-electron chi connectivity index (χ2n) is 6.34. The Hall–Kier alpha value is -2.23. The van der Waals surface area contributed by atoms with Crippen LogP contribution in [0.4, 0.5) is 0 Å². The molecule has 1 atom stereocenters. The number of carbonyl (C=O) groups excluding carboxylic acids is 1. The lowest BCUT2D eigenvalue weighted by atomic mass is 9.90. The van der Waals surface area contributed by atoms with Gasteiger partial charge in [-0.2, -0.15) is 0 Å². The normalized spacial score (nSPS) is 18.0. The van der Waals surface area contributed by atoms with Gasteiger partial charge in [-0.05, 0) is 62.8 Å². The molecule has 120 valence electrons. The molecule has 3 rings (SSSR count). The third kappa shape index (κ3) is 3.11. The molecular formula is C19H23N3O. The van der Waals surface area contributed by atoms with Crippen molar-refractivity contribution >= 4 is 5.91 Å². The SMILES string of the molecule is Cc1cc(C(=O)N2CCCC[C@H]2c2cccc(C)c2C)ncn1. The van der Waals surface area contributed by atoms with E-state index in [0.717, 1.165) is 31.5 Å². The summed E-state index contributed by atoms with van der Waals surface area (Å²) in [6.07, 6.45) is 4.70. The lowest BCUT2D eigenvalue weighted by Crippen LogP contribution is -2.39. The number of aryl methyl sites for hydroxylation is 2. The van der Waals surface area contributed by atoms with Crippen LogP contribution < -0.4 is 0 Å². The molecule has 1 aliphatic rings. The third-order valence-electron chi connectivity index (χ3n) is 4.79. The summed E-state index contributed by atoms with van der Waals surface area (Å²) in [5.41, 5.74) is 5.15. The van der Waals surface area contributed by atoms with Crippen molar-refractivity contribution in [2.75, 3.05) is 6.54 Å². The fraction of sp³-hybridized carbons (Fsp3) is 0.421. The van der Waals surface area contributed by atoms with E-state index in [1.165, 1.54) is 23.0 Å². The number of amides is 1. The highest BCUT2D eigenvalue weighted by Gasteiger charge is 2.30. The fourth-order valence-corrected chi connectivity index (χ4v) is 3.35. The molecule has 2 aromatic rings. The minimum atomic E-state index is 0.0149. The number of piperidine rings is 1. The number of hydrogen-bond donors (Lipinski definition) is 0. The van der Waals surface area contributed by atoms with E-state index in [0.29, 0.717) is 5.69 Å². The Morgan fingerprint density at radius 1 is 1.17 bits per heavy atom. The van der Waals surface area contributed by atoms with Crippen molar-refractivity contribution in [3.63, 3.8) is 0 Å². The van der Waals surface area contributed by atoms with Crippen LogP contribution in [-0.2, 0) is 0 Å². The fourth-order valence-electron chi connectivity index (χ4n) is 3.35. The Bertz CT molecular complexity index is 726. The lowest BCUT2D eigenvalue weighted by molar-refractivity contribution is 0.0604. The number of nitrogens with zero attached hydrogens (tertiary/aromatic N) is 3. The maximum atomic E-state index is 13.0. The number of rotatable bonds is 2. The molecule has 0 spiro atoms. The molecule has 4 nitrogen and oxygen atoms in total. The van der Waals surface area contributed by atoms with Gasteiger partial charge < -0.3 is 4.90 Å². The standard InChI is InChI=1S/C19H23N3O/c1-13-7-6-8-16(15(13)3)18-9-4-5-10-22(18)19(23)17-11-14(2)20-12-21-17/h6-8,11-12,18H,4-5,9-10H2,1-3H3/t18-/m0/s1. The summed E-state index contributed by atoms with van der Waals surface area (Å²) in [7, 11) is 0. The molecule has 4 heteroatoms. The van der Waals surface area contributed by atoms with Gasteiger partial charge in [0.15, 0.2) is 0 Å². The zero-order chi connectivity index (χ0) is 16.4. The predicted octanol–water partition coefficient (Wildman–Crippen LogP) is 3.77. The van der Waals surface area contributed by atoms with Gasteiger partial charge in [0, 0.05) is 12.2 Å². The van der Waals surface area contributed by atoms with Gasteiger partial charge in [-0.3, -0.25) is 4.79 Å². The summed E-state index contributed by atoms with van der Waals surface area (Å²) >= 11 is 0. The van der Waals surface area contributed by atoms with Crippen molar-refractivity contribution in [3.8, 4) is 0 Å². The first kappa shape index (κ1) is 15.7. The topological polar surface area (TPSA) is 46.1 Å². The lowest BCUT2D eigenvalue weighted by Gasteiger charge is -2.37. The molecule has 0 N–H and O–H groups in total. The maximum Gasteiger partial charge on any atom is 0.273 e. The Labute approximate surface area is 137 Å². The van der Waals surface area contributed by atoms with Crippen molar-refractivity contribution < 1.29 is 4.79 Å². The third-order valence-corrected chi connectivity index (χ3v) is 4.79. The van der Waals surface area contributed by atoms with Crippen LogP contribution in [0.15, 0.2) is 30.6 Å². The first-order valence-electron chi connectivity index (χ1n) is 8.23. The van der Waals surface area contributed by atoms with Crippen molar-refractivity contribution in [3.05, 3.63) is 58.7 Å². The first-order valence-corrected chi connectivity index (χ1v) is 8.23. The minimum Gasteiger partial charge on any atom is -0.330 e. The summed E-state index contributed by atoms with van der Waals surface area (Å²) in [6.45, 7) is 6.95. The summed E-state index contributed by atoms with van der Waals surface area (Å²) in [6, 6.07) is 8.29. The molecule has 2 heterocycles. The Kier molecular flexibility index (Phi) is 4.42. The van der Waals surface area contributed by atoms with Crippen LogP contribution in [0.3, 0.4) is 0 Å². The maximum absolute atomic E-state index is 13.0. The van der Waals surface area contributed by atoms with Crippen molar-refractivity contribution in [2.45, 2.75) is 46.1 Å². The van der Waals surface area contributed by atoms with Crippen molar-refractivity contribution in [1.82, 2.24) is 14.9 Å². The highest BCUT2D eigenvalue weighted by Crippen LogP contribution is 2.34. The smallest absolute Gasteiger partial charge is 0.273 e. The molecule has 0 radical (unpaired) electrons. The van der Waals surface area contributed by atoms with Crippen LogP contribution in [0.25, 0.3) is 0 Å². The Morgan fingerprint density at radius 3 is 2.78 bits per heavy atom. The second-order valence-corrected chi connectivity index (χ2v) is 6.34. The summed E-state index contributed by atoms with van der Waals surface area (Å²) in [5, 5.41) is 0. The molecule has 0 aliphatic carbocycles. The number of hydrogen-bond acceptors (Lipinski definition) is 3. The molecule has 1 aliphatic heterocycles. The van der Waals surface area contributed by atoms with Crippen LogP contribution in [-0.4, -0.2) is 27.3 Å². The van der Waals surface area contributed by atoms with E-state index in [4.69, 9.17) is 0 Å². The number of benzene rings is 1.